The van der Waals surface area contributed by atoms with Gasteiger partial charge >= 0.3 is 0 Å². The molecule has 0 heterocycles. The van der Waals surface area contributed by atoms with Crippen LogP contribution < -0.4 is 0 Å². The molecular formula is C14H19FN2. The van der Waals surface area contributed by atoms with Crippen molar-refractivity contribution in [3.8, 4) is 6.07 Å². The summed E-state index contributed by atoms with van der Waals surface area (Å²) in [4.78, 5) is 2.15. The molecule has 1 atom stereocenters. The Kier molecular flexibility index (Phi) is 5.65. The third kappa shape index (κ3) is 4.97. The topological polar surface area (TPSA) is 27.0 Å². The fourth-order valence-corrected chi connectivity index (χ4v) is 1.70. The zero-order chi connectivity index (χ0) is 12.7. The minimum absolute atomic E-state index is 0.105. The molecule has 1 aromatic carbocycles. The van der Waals surface area contributed by atoms with Gasteiger partial charge in [-0.3, -0.25) is 0 Å². The van der Waals surface area contributed by atoms with Gasteiger partial charge in [0.25, 0.3) is 0 Å². The summed E-state index contributed by atoms with van der Waals surface area (Å²) in [6, 6.07) is 8.89. The fourth-order valence-electron chi connectivity index (χ4n) is 1.70. The van der Waals surface area contributed by atoms with Crippen molar-refractivity contribution in [1.29, 1.82) is 5.26 Å². The predicted octanol–water partition coefficient (Wildman–Crippen LogP) is 2.85. The van der Waals surface area contributed by atoms with Gasteiger partial charge < -0.3 is 4.90 Å². The zero-order valence-electron chi connectivity index (χ0n) is 10.5. The minimum atomic E-state index is -0.197. The molecule has 0 radical (unpaired) electrons. The second-order valence-corrected chi connectivity index (χ2v) is 4.37. The van der Waals surface area contributed by atoms with Gasteiger partial charge in [-0.2, -0.15) is 5.26 Å². The average molecular weight is 234 g/mol. The summed E-state index contributed by atoms with van der Waals surface area (Å²) >= 11 is 0. The van der Waals surface area contributed by atoms with Crippen molar-refractivity contribution in [2.24, 2.45) is 5.92 Å². The number of rotatable bonds is 6. The first-order chi connectivity index (χ1) is 8.15. The van der Waals surface area contributed by atoms with E-state index < -0.39 is 0 Å². The molecule has 0 bridgehead atoms. The Morgan fingerprint density at radius 2 is 2.00 bits per heavy atom. The molecule has 0 aliphatic rings. The second-order valence-electron chi connectivity index (χ2n) is 4.37. The third-order valence-electron chi connectivity index (χ3n) is 2.90. The van der Waals surface area contributed by atoms with E-state index in [1.165, 1.54) is 12.1 Å². The number of nitriles is 1. The van der Waals surface area contributed by atoms with Gasteiger partial charge in [0.15, 0.2) is 0 Å². The Morgan fingerprint density at radius 1 is 1.35 bits per heavy atom. The first-order valence-corrected chi connectivity index (χ1v) is 5.98. The van der Waals surface area contributed by atoms with Crippen LogP contribution in [0, 0.1) is 23.1 Å². The lowest BCUT2D eigenvalue weighted by Gasteiger charge is -2.18. The number of halogens is 1. The molecule has 0 N–H and O–H groups in total. The summed E-state index contributed by atoms with van der Waals surface area (Å²) in [5, 5.41) is 8.87. The van der Waals surface area contributed by atoms with Crippen LogP contribution >= 0.6 is 0 Å². The van der Waals surface area contributed by atoms with E-state index in [9.17, 15) is 4.39 Å². The molecule has 0 aliphatic heterocycles. The largest absolute Gasteiger partial charge is 0.305 e. The highest BCUT2D eigenvalue weighted by Gasteiger charge is 2.08. The molecule has 92 valence electrons. The normalized spacial score (nSPS) is 12.4. The predicted molar refractivity (Wildman–Crippen MR) is 67.0 cm³/mol. The molecule has 1 rings (SSSR count). The molecule has 0 fully saturated rings. The maximum atomic E-state index is 12.7. The van der Waals surface area contributed by atoms with Crippen molar-refractivity contribution in [3.05, 3.63) is 35.6 Å². The van der Waals surface area contributed by atoms with Crippen LogP contribution in [-0.2, 0) is 6.42 Å². The lowest BCUT2D eigenvalue weighted by Crippen LogP contribution is -2.27. The number of benzene rings is 1. The van der Waals surface area contributed by atoms with Crippen LogP contribution in [0.2, 0.25) is 0 Å². The van der Waals surface area contributed by atoms with Crippen molar-refractivity contribution >= 4 is 0 Å². The van der Waals surface area contributed by atoms with Crippen LogP contribution in [0.1, 0.15) is 18.9 Å². The first kappa shape index (κ1) is 13.7. The number of nitrogens with zero attached hydrogens (tertiary/aromatic N) is 2. The molecule has 0 spiro atoms. The van der Waals surface area contributed by atoms with Crippen molar-refractivity contribution in [1.82, 2.24) is 4.90 Å². The molecule has 17 heavy (non-hydrogen) atoms. The van der Waals surface area contributed by atoms with Crippen LogP contribution in [0.3, 0.4) is 0 Å². The minimum Gasteiger partial charge on any atom is -0.305 e. The van der Waals surface area contributed by atoms with Crippen molar-refractivity contribution in [3.63, 3.8) is 0 Å². The number of hydrogen-bond donors (Lipinski definition) is 0. The lowest BCUT2D eigenvalue weighted by atomic mass is 10.1. The molecule has 1 aromatic rings. The van der Waals surface area contributed by atoms with E-state index in [4.69, 9.17) is 5.26 Å². The smallest absolute Gasteiger partial charge is 0.123 e. The van der Waals surface area contributed by atoms with Gasteiger partial charge in [0, 0.05) is 13.1 Å². The Hall–Kier alpha value is -1.40. The van der Waals surface area contributed by atoms with Crippen LogP contribution in [0.4, 0.5) is 4.39 Å². The Bertz CT molecular complexity index is 367. The van der Waals surface area contributed by atoms with Gasteiger partial charge in [-0.1, -0.05) is 19.1 Å². The summed E-state index contributed by atoms with van der Waals surface area (Å²) in [6.45, 7) is 3.72. The average Bonchev–Trinajstić information content (AvgIpc) is 2.35. The standard InChI is InChI=1S/C14H19FN2/c1-3-12(10-16)11-17(2)9-8-13-4-6-14(15)7-5-13/h4-7,12H,3,8-9,11H2,1-2H3. The lowest BCUT2D eigenvalue weighted by molar-refractivity contribution is 0.303. The second kappa shape index (κ2) is 7.03. The van der Waals surface area contributed by atoms with Gasteiger partial charge in [-0.25, -0.2) is 4.39 Å². The van der Waals surface area contributed by atoms with E-state index >= 15 is 0 Å². The van der Waals surface area contributed by atoms with Crippen LogP contribution in [0.25, 0.3) is 0 Å². The SMILES string of the molecule is CCC(C#N)CN(C)CCc1ccc(F)cc1. The summed E-state index contributed by atoms with van der Waals surface area (Å²) in [6.07, 6.45) is 1.77. The van der Waals surface area contributed by atoms with E-state index in [0.717, 1.165) is 31.5 Å². The zero-order valence-corrected chi connectivity index (χ0v) is 10.5. The molecule has 0 saturated heterocycles. The van der Waals surface area contributed by atoms with Crippen LogP contribution in [0.15, 0.2) is 24.3 Å². The molecular weight excluding hydrogens is 215 g/mol. The van der Waals surface area contributed by atoms with Crippen molar-refractivity contribution in [2.75, 3.05) is 20.1 Å². The van der Waals surface area contributed by atoms with E-state index in [0.29, 0.717) is 0 Å². The van der Waals surface area contributed by atoms with Gasteiger partial charge in [-0.05, 0) is 37.6 Å². The van der Waals surface area contributed by atoms with E-state index in [1.54, 1.807) is 0 Å². The summed E-state index contributed by atoms with van der Waals surface area (Å²) in [5.74, 6) is -0.0918. The van der Waals surface area contributed by atoms with Gasteiger partial charge in [0.2, 0.25) is 0 Å². The van der Waals surface area contributed by atoms with Gasteiger partial charge in [0.1, 0.15) is 5.82 Å². The van der Waals surface area contributed by atoms with E-state index in [-0.39, 0.29) is 11.7 Å². The fraction of sp³-hybridized carbons (Fsp3) is 0.500. The van der Waals surface area contributed by atoms with Crippen molar-refractivity contribution in [2.45, 2.75) is 19.8 Å². The molecule has 0 saturated carbocycles. The van der Waals surface area contributed by atoms with Gasteiger partial charge in [0.05, 0.1) is 12.0 Å². The molecule has 1 unspecified atom stereocenters. The Morgan fingerprint density at radius 3 is 2.53 bits per heavy atom. The molecule has 2 nitrogen and oxygen atoms in total. The van der Waals surface area contributed by atoms with Crippen LogP contribution in [-0.4, -0.2) is 25.0 Å². The van der Waals surface area contributed by atoms with E-state index in [1.807, 2.05) is 26.1 Å². The summed E-state index contributed by atoms with van der Waals surface area (Å²) in [5.41, 5.74) is 1.13. The highest BCUT2D eigenvalue weighted by Crippen LogP contribution is 2.06. The maximum Gasteiger partial charge on any atom is 0.123 e. The Balaban J connectivity index is 2.35. The molecule has 0 aromatic heterocycles. The summed E-state index contributed by atoms with van der Waals surface area (Å²) in [7, 11) is 2.02. The number of likely N-dealkylation sites (N-methyl/N-ethyl adjacent to an activating group) is 1. The third-order valence-corrected chi connectivity index (χ3v) is 2.90. The quantitative estimate of drug-likeness (QED) is 0.756. The Labute approximate surface area is 103 Å². The highest BCUT2D eigenvalue weighted by molar-refractivity contribution is 5.16. The highest BCUT2D eigenvalue weighted by atomic mass is 19.1. The number of hydrogen-bond acceptors (Lipinski definition) is 2. The van der Waals surface area contributed by atoms with Gasteiger partial charge in [-0.15, -0.1) is 0 Å². The molecule has 0 aliphatic carbocycles. The first-order valence-electron chi connectivity index (χ1n) is 5.98. The molecule has 0 amide bonds. The maximum absolute atomic E-state index is 12.7. The molecule has 3 heteroatoms. The summed E-state index contributed by atoms with van der Waals surface area (Å²) < 4.78 is 12.7. The monoisotopic (exact) mass is 234 g/mol. The van der Waals surface area contributed by atoms with Crippen molar-refractivity contribution < 1.29 is 4.39 Å². The van der Waals surface area contributed by atoms with E-state index in [2.05, 4.69) is 11.0 Å². The van der Waals surface area contributed by atoms with Crippen LogP contribution in [0.5, 0.6) is 0 Å².